The Hall–Kier alpha value is -3.84. The lowest BCUT2D eigenvalue weighted by Crippen LogP contribution is -2.84. The van der Waals surface area contributed by atoms with E-state index in [9.17, 15) is 4.79 Å². The number of para-hydroxylation sites is 1. The Morgan fingerprint density at radius 1 is 1.21 bits per heavy atom. The summed E-state index contributed by atoms with van der Waals surface area (Å²) < 4.78 is 5.85. The van der Waals surface area contributed by atoms with E-state index in [1.54, 1.807) is 6.20 Å². The van der Waals surface area contributed by atoms with Crippen molar-refractivity contribution in [3.05, 3.63) is 90.9 Å². The average Bonchev–Trinajstić information content (AvgIpc) is 3.25. The zero-order valence-corrected chi connectivity index (χ0v) is 18.7. The quantitative estimate of drug-likeness (QED) is 0.413. The molecule has 3 aromatic rings. The Morgan fingerprint density at radius 2 is 1.94 bits per heavy atom. The summed E-state index contributed by atoms with van der Waals surface area (Å²) in [5.41, 5.74) is 1.45. The smallest absolute Gasteiger partial charge is 0.246 e. The number of hydrogen-bond acceptors (Lipinski definition) is 5. The number of quaternary nitrogens is 1. The number of benzene rings is 2. The van der Waals surface area contributed by atoms with Crippen molar-refractivity contribution in [3.63, 3.8) is 0 Å². The minimum absolute atomic E-state index is 0.0446. The van der Waals surface area contributed by atoms with Crippen LogP contribution in [0, 0.1) is 5.41 Å². The fraction of sp³-hybridized carbons (Fsp3) is 0.231. The number of ether oxygens (including phenoxy) is 1. The SMILES string of the molecule is C=CC(=O)N1CCCC1(C)C[NH2+]c1ncncc1C(=N)c1ccc(Oc2ccccc2)cc1. The van der Waals surface area contributed by atoms with Gasteiger partial charge in [-0.1, -0.05) is 24.8 Å². The Kier molecular flexibility index (Phi) is 6.60. The van der Waals surface area contributed by atoms with Crippen molar-refractivity contribution in [3.8, 4) is 11.5 Å². The molecule has 0 spiro atoms. The van der Waals surface area contributed by atoms with Crippen LogP contribution < -0.4 is 10.1 Å². The Balaban J connectivity index is 1.48. The summed E-state index contributed by atoms with van der Waals surface area (Å²) in [6, 6.07) is 17.0. The summed E-state index contributed by atoms with van der Waals surface area (Å²) in [6.07, 6.45) is 6.42. The average molecular weight is 443 g/mol. The van der Waals surface area contributed by atoms with Crippen LogP contribution in [0.4, 0.5) is 5.82 Å². The molecular weight excluding hydrogens is 414 g/mol. The van der Waals surface area contributed by atoms with Crippen LogP contribution in [-0.2, 0) is 4.79 Å². The number of nitrogens with one attached hydrogen (secondary N) is 1. The first-order valence-corrected chi connectivity index (χ1v) is 11.0. The van der Waals surface area contributed by atoms with E-state index in [2.05, 4.69) is 23.5 Å². The van der Waals surface area contributed by atoms with Gasteiger partial charge in [-0.15, -0.1) is 0 Å². The lowest BCUT2D eigenvalue weighted by molar-refractivity contribution is -0.585. The Bertz CT molecular complexity index is 1150. The first-order valence-electron chi connectivity index (χ1n) is 11.0. The van der Waals surface area contributed by atoms with Gasteiger partial charge in [-0.25, -0.2) is 4.98 Å². The number of aromatic nitrogens is 2. The van der Waals surface area contributed by atoms with Gasteiger partial charge in [-0.2, -0.15) is 4.98 Å². The summed E-state index contributed by atoms with van der Waals surface area (Å²) >= 11 is 0. The van der Waals surface area contributed by atoms with Gasteiger partial charge < -0.3 is 9.64 Å². The van der Waals surface area contributed by atoms with Crippen LogP contribution in [-0.4, -0.2) is 45.1 Å². The first kappa shape index (κ1) is 22.4. The van der Waals surface area contributed by atoms with E-state index >= 15 is 0 Å². The lowest BCUT2D eigenvalue weighted by Gasteiger charge is -2.32. The molecule has 1 aliphatic heterocycles. The predicted octanol–water partition coefficient (Wildman–Crippen LogP) is 3.45. The zero-order valence-electron chi connectivity index (χ0n) is 18.7. The molecule has 168 valence electrons. The third-order valence-electron chi connectivity index (χ3n) is 6.06. The molecule has 0 radical (unpaired) electrons. The van der Waals surface area contributed by atoms with E-state index in [0.717, 1.165) is 30.7 Å². The lowest BCUT2D eigenvalue weighted by atomic mass is 9.98. The van der Waals surface area contributed by atoms with Gasteiger partial charge in [-0.3, -0.25) is 15.5 Å². The zero-order chi connectivity index (χ0) is 23.3. The molecule has 0 aliphatic carbocycles. The van der Waals surface area contributed by atoms with E-state index in [1.165, 1.54) is 12.4 Å². The summed E-state index contributed by atoms with van der Waals surface area (Å²) in [5.74, 6) is 2.11. The predicted molar refractivity (Wildman–Crippen MR) is 127 cm³/mol. The van der Waals surface area contributed by atoms with Crippen LogP contribution in [0.15, 0.2) is 79.8 Å². The van der Waals surface area contributed by atoms with Gasteiger partial charge in [0.15, 0.2) is 0 Å². The van der Waals surface area contributed by atoms with Crippen molar-refractivity contribution < 1.29 is 14.8 Å². The topological polar surface area (TPSA) is 95.8 Å². The third kappa shape index (κ3) is 4.99. The number of carbonyl (C=O) groups is 1. The summed E-state index contributed by atoms with van der Waals surface area (Å²) in [5, 5.41) is 10.8. The van der Waals surface area contributed by atoms with Crippen molar-refractivity contribution >= 4 is 17.4 Å². The van der Waals surface area contributed by atoms with Gasteiger partial charge in [-0.05, 0) is 62.2 Å². The number of amides is 1. The summed E-state index contributed by atoms with van der Waals surface area (Å²) in [6.45, 7) is 7.10. The minimum atomic E-state index is -0.286. The van der Waals surface area contributed by atoms with E-state index in [-0.39, 0.29) is 11.4 Å². The standard InChI is InChI=1S/C26H27N5O2/c1-3-23(32)31-15-7-14-26(31,2)17-29-25-22(16-28-18-30-25)24(27)19-10-12-21(13-11-19)33-20-8-5-4-6-9-20/h3-6,8-13,16,18,27H,1,7,14-15,17H2,2H3,(H,28,29,30)/p+1. The monoisotopic (exact) mass is 442 g/mol. The van der Waals surface area contributed by atoms with Crippen LogP contribution in [0.1, 0.15) is 30.9 Å². The van der Waals surface area contributed by atoms with Gasteiger partial charge in [0, 0.05) is 18.3 Å². The van der Waals surface area contributed by atoms with E-state index in [1.807, 2.05) is 64.8 Å². The second kappa shape index (κ2) is 9.75. The molecule has 1 unspecified atom stereocenters. The van der Waals surface area contributed by atoms with Gasteiger partial charge in [0.2, 0.25) is 11.7 Å². The van der Waals surface area contributed by atoms with Crippen molar-refractivity contribution in [1.29, 1.82) is 5.41 Å². The molecule has 7 heteroatoms. The molecule has 1 fully saturated rings. The maximum Gasteiger partial charge on any atom is 0.246 e. The Morgan fingerprint density at radius 3 is 2.67 bits per heavy atom. The van der Waals surface area contributed by atoms with Gasteiger partial charge in [0.1, 0.15) is 24.4 Å². The van der Waals surface area contributed by atoms with Gasteiger partial charge >= 0.3 is 0 Å². The number of nitrogens with two attached hydrogens (primary N) is 1. The minimum Gasteiger partial charge on any atom is -0.457 e. The number of nitrogens with zero attached hydrogens (tertiary/aromatic N) is 3. The van der Waals surface area contributed by atoms with Crippen LogP contribution in [0.5, 0.6) is 11.5 Å². The summed E-state index contributed by atoms with van der Waals surface area (Å²) in [7, 11) is 0. The molecule has 1 amide bonds. The molecular formula is C26H28N5O2+. The highest BCUT2D eigenvalue weighted by atomic mass is 16.5. The number of likely N-dealkylation sites (tertiary alicyclic amines) is 1. The molecule has 0 bridgehead atoms. The van der Waals surface area contributed by atoms with E-state index in [0.29, 0.717) is 29.4 Å². The van der Waals surface area contributed by atoms with E-state index in [4.69, 9.17) is 10.1 Å². The molecule has 33 heavy (non-hydrogen) atoms. The van der Waals surface area contributed by atoms with Crippen molar-refractivity contribution in [2.45, 2.75) is 25.3 Å². The van der Waals surface area contributed by atoms with E-state index < -0.39 is 0 Å². The number of carbonyl (C=O) groups excluding carboxylic acids is 1. The van der Waals surface area contributed by atoms with Gasteiger partial charge in [0.05, 0.1) is 16.8 Å². The molecule has 1 aliphatic rings. The largest absolute Gasteiger partial charge is 0.457 e. The Labute approximate surface area is 193 Å². The highest BCUT2D eigenvalue weighted by molar-refractivity contribution is 6.12. The number of rotatable bonds is 8. The summed E-state index contributed by atoms with van der Waals surface area (Å²) in [4.78, 5) is 22.7. The third-order valence-corrected chi connectivity index (χ3v) is 6.06. The first-order chi connectivity index (χ1) is 16.0. The normalized spacial score (nSPS) is 17.5. The van der Waals surface area contributed by atoms with Crippen molar-refractivity contribution in [1.82, 2.24) is 14.9 Å². The van der Waals surface area contributed by atoms with Crippen LogP contribution in [0.2, 0.25) is 0 Å². The molecule has 1 aromatic heterocycles. The van der Waals surface area contributed by atoms with Crippen molar-refractivity contribution in [2.24, 2.45) is 0 Å². The van der Waals surface area contributed by atoms with Gasteiger partial charge in [0.25, 0.3) is 0 Å². The number of hydrogen-bond donors (Lipinski definition) is 2. The molecule has 1 saturated heterocycles. The van der Waals surface area contributed by atoms with Crippen molar-refractivity contribution in [2.75, 3.05) is 13.1 Å². The second-order valence-electron chi connectivity index (χ2n) is 8.34. The fourth-order valence-corrected chi connectivity index (χ4v) is 4.20. The second-order valence-corrected chi connectivity index (χ2v) is 8.34. The molecule has 4 rings (SSSR count). The molecule has 2 heterocycles. The highest BCUT2D eigenvalue weighted by Crippen LogP contribution is 2.28. The molecule has 2 aromatic carbocycles. The molecule has 1 atom stereocenters. The fourth-order valence-electron chi connectivity index (χ4n) is 4.20. The maximum absolute atomic E-state index is 12.3. The van der Waals surface area contributed by atoms with Crippen LogP contribution >= 0.6 is 0 Å². The molecule has 3 N–H and O–H groups in total. The molecule has 7 nitrogen and oxygen atoms in total. The van der Waals surface area contributed by atoms with Crippen LogP contribution in [0.25, 0.3) is 0 Å². The highest BCUT2D eigenvalue weighted by Gasteiger charge is 2.40. The molecule has 0 saturated carbocycles. The maximum atomic E-state index is 12.3. The van der Waals surface area contributed by atoms with Crippen LogP contribution in [0.3, 0.4) is 0 Å².